The van der Waals surface area contributed by atoms with Gasteiger partial charge >= 0.3 is 0 Å². The molecule has 2 aromatic carbocycles. The maximum Gasteiger partial charge on any atom is 0.240 e. The highest BCUT2D eigenvalue weighted by atomic mass is 35.5. The van der Waals surface area contributed by atoms with Gasteiger partial charge < -0.3 is 4.90 Å². The minimum Gasteiger partial charge on any atom is -0.310 e. The van der Waals surface area contributed by atoms with Crippen LogP contribution >= 0.6 is 23.4 Å². The van der Waals surface area contributed by atoms with Gasteiger partial charge in [0.05, 0.1) is 23.8 Å². The van der Waals surface area contributed by atoms with Gasteiger partial charge in [0, 0.05) is 22.9 Å². The highest BCUT2D eigenvalue weighted by molar-refractivity contribution is 8.00. The van der Waals surface area contributed by atoms with E-state index in [1.807, 2.05) is 80.2 Å². The fraction of sp³-hybridized carbons (Fsp3) is 0.333. The number of para-hydroxylation sites is 1. The van der Waals surface area contributed by atoms with E-state index in [-0.39, 0.29) is 18.4 Å². The average molecular weight is 483 g/mol. The number of carbonyl (C=O) groups excluding carboxylic acids is 1. The van der Waals surface area contributed by atoms with Crippen LogP contribution in [0.1, 0.15) is 32.1 Å². The molecule has 3 aromatic rings. The van der Waals surface area contributed by atoms with Crippen LogP contribution in [0.2, 0.25) is 5.02 Å². The van der Waals surface area contributed by atoms with Gasteiger partial charge in [-0.05, 0) is 64.3 Å². The van der Waals surface area contributed by atoms with Gasteiger partial charge in [0.1, 0.15) is 0 Å². The molecule has 0 spiro atoms. The maximum atomic E-state index is 13.4. The second kappa shape index (κ2) is 11.3. The molecular formula is C24H27ClN6OS. The highest BCUT2D eigenvalue weighted by Crippen LogP contribution is 2.31. The van der Waals surface area contributed by atoms with E-state index in [2.05, 4.69) is 28.1 Å². The van der Waals surface area contributed by atoms with Gasteiger partial charge in [-0.3, -0.25) is 14.3 Å². The average Bonchev–Trinajstić information content (AvgIpc) is 3.23. The molecule has 0 aliphatic carbocycles. The molecule has 1 aromatic heterocycles. The number of benzene rings is 2. The molecule has 0 radical (unpaired) electrons. The summed E-state index contributed by atoms with van der Waals surface area (Å²) in [7, 11) is 3.97. The lowest BCUT2D eigenvalue weighted by Crippen LogP contribution is -2.37. The van der Waals surface area contributed by atoms with E-state index in [0.717, 1.165) is 17.2 Å². The Morgan fingerprint density at radius 3 is 2.39 bits per heavy atom. The summed E-state index contributed by atoms with van der Waals surface area (Å²) in [6, 6.07) is 19.0. The zero-order valence-corrected chi connectivity index (χ0v) is 20.7. The smallest absolute Gasteiger partial charge is 0.240 e. The second-order valence-corrected chi connectivity index (χ2v) is 9.53. The fourth-order valence-electron chi connectivity index (χ4n) is 3.26. The van der Waals surface area contributed by atoms with Crippen molar-refractivity contribution in [2.75, 3.05) is 25.5 Å². The van der Waals surface area contributed by atoms with Crippen LogP contribution in [-0.4, -0.2) is 51.5 Å². The fourth-order valence-corrected chi connectivity index (χ4v) is 4.32. The van der Waals surface area contributed by atoms with E-state index < -0.39 is 5.25 Å². The number of anilines is 1. The van der Waals surface area contributed by atoms with Crippen molar-refractivity contribution < 1.29 is 4.79 Å². The molecule has 172 valence electrons. The number of carbonyl (C=O) groups is 1. The van der Waals surface area contributed by atoms with Crippen molar-refractivity contribution in [1.82, 2.24) is 19.7 Å². The maximum absolute atomic E-state index is 13.4. The molecule has 0 bridgehead atoms. The summed E-state index contributed by atoms with van der Waals surface area (Å²) in [5.41, 5.74) is 1.64. The quantitative estimate of drug-likeness (QED) is 0.400. The van der Waals surface area contributed by atoms with Crippen molar-refractivity contribution in [2.45, 2.75) is 36.7 Å². The van der Waals surface area contributed by atoms with E-state index in [0.29, 0.717) is 16.7 Å². The van der Waals surface area contributed by atoms with Gasteiger partial charge in [0.15, 0.2) is 11.0 Å². The zero-order chi connectivity index (χ0) is 24.0. The minimum absolute atomic E-state index is 0.00461. The molecular weight excluding hydrogens is 456 g/mol. The normalized spacial score (nSPS) is 12.9. The third-order valence-corrected chi connectivity index (χ3v) is 6.58. The summed E-state index contributed by atoms with van der Waals surface area (Å²) in [4.78, 5) is 17.1. The monoisotopic (exact) mass is 482 g/mol. The van der Waals surface area contributed by atoms with E-state index in [4.69, 9.17) is 16.9 Å². The van der Waals surface area contributed by atoms with E-state index >= 15 is 0 Å². The Labute approximate surface area is 204 Å². The van der Waals surface area contributed by atoms with Crippen LogP contribution in [0.5, 0.6) is 0 Å². The first kappa shape index (κ1) is 24.8. The Morgan fingerprint density at radius 1 is 1.12 bits per heavy atom. The van der Waals surface area contributed by atoms with E-state index in [1.165, 1.54) is 11.8 Å². The third-order valence-electron chi connectivity index (χ3n) is 5.30. The molecule has 0 aliphatic rings. The molecule has 9 heteroatoms. The van der Waals surface area contributed by atoms with Crippen LogP contribution in [-0.2, 0) is 4.79 Å². The van der Waals surface area contributed by atoms with Crippen molar-refractivity contribution >= 4 is 35.0 Å². The number of halogens is 1. The molecule has 2 unspecified atom stereocenters. The van der Waals surface area contributed by atoms with Gasteiger partial charge in [-0.15, -0.1) is 10.2 Å². The molecule has 0 N–H and O–H groups in total. The molecule has 3 rings (SSSR count). The van der Waals surface area contributed by atoms with Gasteiger partial charge in [0.25, 0.3) is 0 Å². The molecule has 0 saturated heterocycles. The Morgan fingerprint density at radius 2 is 1.79 bits per heavy atom. The number of amides is 1. The van der Waals surface area contributed by atoms with Crippen LogP contribution in [0.3, 0.4) is 0 Å². The van der Waals surface area contributed by atoms with Crippen molar-refractivity contribution in [2.24, 2.45) is 0 Å². The first-order valence-electron chi connectivity index (χ1n) is 10.6. The SMILES string of the molecule is CC(Sc1nnc(C(C)N(C)C)n1-c1ccc(Cl)cc1)C(=O)N(CCC#N)c1ccccc1. The standard InChI is InChI=1S/C24H27ClN6OS/c1-17(29(3)4)22-27-28-24(31(22)21-13-11-19(25)12-14-21)33-18(2)23(32)30(16-8-15-26)20-9-6-5-7-10-20/h5-7,9-14,17-18H,8,16H2,1-4H3. The Hall–Kier alpha value is -2.86. The van der Waals surface area contributed by atoms with E-state index in [1.54, 1.807) is 4.90 Å². The molecule has 7 nitrogen and oxygen atoms in total. The Kier molecular flexibility index (Phi) is 8.50. The van der Waals surface area contributed by atoms with Crippen molar-refractivity contribution in [3.05, 3.63) is 65.4 Å². The topological polar surface area (TPSA) is 78.1 Å². The van der Waals surface area contributed by atoms with Crippen molar-refractivity contribution in [3.8, 4) is 11.8 Å². The van der Waals surface area contributed by atoms with Gasteiger partial charge in [-0.1, -0.05) is 41.6 Å². The van der Waals surface area contributed by atoms with Crippen molar-refractivity contribution in [3.63, 3.8) is 0 Å². The molecule has 0 aliphatic heterocycles. The highest BCUT2D eigenvalue weighted by Gasteiger charge is 2.27. The number of rotatable bonds is 9. The van der Waals surface area contributed by atoms with Gasteiger partial charge in [-0.2, -0.15) is 5.26 Å². The van der Waals surface area contributed by atoms with Gasteiger partial charge in [0.2, 0.25) is 5.91 Å². The largest absolute Gasteiger partial charge is 0.310 e. The van der Waals surface area contributed by atoms with Crippen LogP contribution in [0.25, 0.3) is 5.69 Å². The number of nitrogens with zero attached hydrogens (tertiary/aromatic N) is 6. The number of nitriles is 1. The van der Waals surface area contributed by atoms with Gasteiger partial charge in [-0.25, -0.2) is 0 Å². The molecule has 0 saturated carbocycles. The predicted molar refractivity (Wildman–Crippen MR) is 133 cm³/mol. The number of thioether (sulfide) groups is 1. The summed E-state index contributed by atoms with van der Waals surface area (Å²) in [5, 5.41) is 18.8. The lowest BCUT2D eigenvalue weighted by atomic mass is 10.2. The summed E-state index contributed by atoms with van der Waals surface area (Å²) in [5.74, 6) is 0.684. The summed E-state index contributed by atoms with van der Waals surface area (Å²) >= 11 is 7.45. The molecule has 2 atom stereocenters. The predicted octanol–water partition coefficient (Wildman–Crippen LogP) is 4.97. The van der Waals surface area contributed by atoms with Crippen LogP contribution in [0, 0.1) is 11.3 Å². The van der Waals surface area contributed by atoms with Crippen LogP contribution < -0.4 is 4.90 Å². The summed E-state index contributed by atoms with van der Waals surface area (Å²) in [6.07, 6.45) is 0.253. The zero-order valence-electron chi connectivity index (χ0n) is 19.1. The Balaban J connectivity index is 1.93. The summed E-state index contributed by atoms with van der Waals surface area (Å²) < 4.78 is 1.97. The first-order valence-corrected chi connectivity index (χ1v) is 11.9. The number of hydrogen-bond donors (Lipinski definition) is 0. The molecule has 1 amide bonds. The Bertz CT molecular complexity index is 1110. The number of aromatic nitrogens is 3. The second-order valence-electron chi connectivity index (χ2n) is 7.79. The molecule has 33 heavy (non-hydrogen) atoms. The number of hydrogen-bond acceptors (Lipinski definition) is 6. The lowest BCUT2D eigenvalue weighted by Gasteiger charge is -2.25. The molecule has 1 heterocycles. The lowest BCUT2D eigenvalue weighted by molar-refractivity contribution is -0.117. The molecule has 0 fully saturated rings. The summed E-state index contributed by atoms with van der Waals surface area (Å²) in [6.45, 7) is 4.24. The van der Waals surface area contributed by atoms with Crippen LogP contribution in [0.4, 0.5) is 5.69 Å². The first-order chi connectivity index (χ1) is 15.8. The minimum atomic E-state index is -0.443. The van der Waals surface area contributed by atoms with Crippen molar-refractivity contribution in [1.29, 1.82) is 5.26 Å². The third kappa shape index (κ3) is 5.93. The van der Waals surface area contributed by atoms with E-state index in [9.17, 15) is 4.79 Å². The van der Waals surface area contributed by atoms with Crippen LogP contribution in [0.15, 0.2) is 59.8 Å².